The van der Waals surface area contributed by atoms with Gasteiger partial charge in [0.1, 0.15) is 5.75 Å². The Morgan fingerprint density at radius 1 is 1.19 bits per heavy atom. The van der Waals surface area contributed by atoms with Crippen molar-refractivity contribution in [3.63, 3.8) is 0 Å². The van der Waals surface area contributed by atoms with Gasteiger partial charge >= 0.3 is 5.97 Å². The standard InChI is InChI=1S/C20H15N3O6S2/c1-29-17-10-14(20(25)26)5-8-16(17)23-31(27,28)19-11-30-18(22-19)9-4-13-2-6-15(7-3-13)21-12-24/h2-3,5-8,10-12,23H,1H3,(H,21,24)(H,25,26). The number of nitrogens with zero attached hydrogens (tertiary/aromatic N) is 1. The smallest absolute Gasteiger partial charge is 0.335 e. The quantitative estimate of drug-likeness (QED) is 0.367. The van der Waals surface area contributed by atoms with Gasteiger partial charge in [-0.1, -0.05) is 5.92 Å². The molecule has 2 aromatic carbocycles. The molecular weight excluding hydrogens is 442 g/mol. The number of rotatable bonds is 7. The number of methoxy groups -OCH3 is 1. The number of thiazole rings is 1. The Morgan fingerprint density at radius 3 is 2.58 bits per heavy atom. The fourth-order valence-electron chi connectivity index (χ4n) is 2.39. The zero-order valence-corrected chi connectivity index (χ0v) is 17.6. The van der Waals surface area contributed by atoms with Crippen molar-refractivity contribution in [3.8, 4) is 17.6 Å². The summed E-state index contributed by atoms with van der Waals surface area (Å²) in [6, 6.07) is 10.6. The first-order chi connectivity index (χ1) is 14.8. The fraction of sp³-hybridized carbons (Fsp3) is 0.0500. The number of ether oxygens (including phenoxy) is 1. The molecule has 0 saturated heterocycles. The van der Waals surface area contributed by atoms with Crippen molar-refractivity contribution in [1.82, 2.24) is 4.98 Å². The van der Waals surface area contributed by atoms with Crippen LogP contribution >= 0.6 is 11.3 Å². The first-order valence-electron chi connectivity index (χ1n) is 8.54. The maximum Gasteiger partial charge on any atom is 0.335 e. The van der Waals surface area contributed by atoms with E-state index in [1.807, 2.05) is 0 Å². The van der Waals surface area contributed by atoms with E-state index in [-0.39, 0.29) is 22.0 Å². The second kappa shape index (κ2) is 9.29. The van der Waals surface area contributed by atoms with Crippen LogP contribution in [0.25, 0.3) is 0 Å². The highest BCUT2D eigenvalue weighted by atomic mass is 32.2. The minimum absolute atomic E-state index is 0.0408. The van der Waals surface area contributed by atoms with E-state index in [4.69, 9.17) is 9.84 Å². The Labute approximate surface area is 181 Å². The molecule has 0 aliphatic carbocycles. The van der Waals surface area contributed by atoms with Crippen molar-refractivity contribution in [2.45, 2.75) is 5.03 Å². The van der Waals surface area contributed by atoms with Gasteiger partial charge in [-0.2, -0.15) is 8.42 Å². The van der Waals surface area contributed by atoms with Gasteiger partial charge in [0.05, 0.1) is 18.4 Å². The van der Waals surface area contributed by atoms with E-state index in [0.717, 1.165) is 11.3 Å². The van der Waals surface area contributed by atoms with Crippen LogP contribution in [-0.4, -0.2) is 38.0 Å². The van der Waals surface area contributed by atoms with Crippen LogP contribution in [0.1, 0.15) is 20.9 Å². The summed E-state index contributed by atoms with van der Waals surface area (Å²) in [7, 11) is -2.74. The summed E-state index contributed by atoms with van der Waals surface area (Å²) in [5.41, 5.74) is 1.33. The molecule has 0 unspecified atom stereocenters. The molecule has 3 N–H and O–H groups in total. The highest BCUT2D eigenvalue weighted by molar-refractivity contribution is 7.92. The predicted octanol–water partition coefficient (Wildman–Crippen LogP) is 2.62. The number of nitrogens with one attached hydrogen (secondary N) is 2. The van der Waals surface area contributed by atoms with Crippen molar-refractivity contribution in [3.05, 3.63) is 64.0 Å². The Bertz CT molecular complexity index is 1290. The van der Waals surface area contributed by atoms with Crippen LogP contribution in [0, 0.1) is 11.8 Å². The summed E-state index contributed by atoms with van der Waals surface area (Å²) in [4.78, 5) is 25.5. The van der Waals surface area contributed by atoms with Crippen LogP contribution in [0.3, 0.4) is 0 Å². The molecule has 158 valence electrons. The first-order valence-corrected chi connectivity index (χ1v) is 10.9. The van der Waals surface area contributed by atoms with Crippen LogP contribution in [0.2, 0.25) is 0 Å². The zero-order valence-electron chi connectivity index (χ0n) is 15.9. The van der Waals surface area contributed by atoms with E-state index in [1.165, 1.54) is 30.7 Å². The Morgan fingerprint density at radius 2 is 1.94 bits per heavy atom. The Kier molecular flexibility index (Phi) is 6.54. The molecule has 0 bridgehead atoms. The first kappa shape index (κ1) is 21.8. The molecule has 3 rings (SSSR count). The second-order valence-corrected chi connectivity index (χ2v) is 8.39. The van der Waals surface area contributed by atoms with Gasteiger partial charge in [0, 0.05) is 16.6 Å². The molecule has 31 heavy (non-hydrogen) atoms. The van der Waals surface area contributed by atoms with Crippen molar-refractivity contribution in [2.75, 3.05) is 17.1 Å². The lowest BCUT2D eigenvalue weighted by Crippen LogP contribution is -2.14. The van der Waals surface area contributed by atoms with Gasteiger partial charge in [0.15, 0.2) is 10.0 Å². The Hall–Kier alpha value is -3.88. The summed E-state index contributed by atoms with van der Waals surface area (Å²) in [5, 5.41) is 13.0. The van der Waals surface area contributed by atoms with Gasteiger partial charge < -0.3 is 15.2 Å². The number of benzene rings is 2. The third-order valence-corrected chi connectivity index (χ3v) is 6.03. The van der Waals surface area contributed by atoms with E-state index in [1.54, 1.807) is 24.3 Å². The average Bonchev–Trinajstić information content (AvgIpc) is 3.23. The minimum Gasteiger partial charge on any atom is -0.495 e. The number of aromatic nitrogens is 1. The number of hydrogen-bond donors (Lipinski definition) is 3. The molecule has 11 heteroatoms. The molecule has 3 aromatic rings. The summed E-state index contributed by atoms with van der Waals surface area (Å²) in [5.74, 6) is 4.57. The number of anilines is 2. The minimum atomic E-state index is -4.04. The lowest BCUT2D eigenvalue weighted by Gasteiger charge is -2.11. The number of amides is 1. The number of carboxylic acid groups (broad SMARTS) is 1. The predicted molar refractivity (Wildman–Crippen MR) is 115 cm³/mol. The lowest BCUT2D eigenvalue weighted by atomic mass is 10.2. The molecule has 0 saturated carbocycles. The molecule has 0 aliphatic rings. The second-order valence-electron chi connectivity index (χ2n) is 5.91. The van der Waals surface area contributed by atoms with E-state index in [9.17, 15) is 18.0 Å². The van der Waals surface area contributed by atoms with Gasteiger partial charge in [-0.15, -0.1) is 11.3 Å². The summed E-state index contributed by atoms with van der Waals surface area (Å²) >= 11 is 1.06. The average molecular weight is 457 g/mol. The lowest BCUT2D eigenvalue weighted by molar-refractivity contribution is -0.105. The number of carbonyl (C=O) groups is 2. The van der Waals surface area contributed by atoms with E-state index >= 15 is 0 Å². The number of carboxylic acids is 1. The summed E-state index contributed by atoms with van der Waals surface area (Å²) < 4.78 is 32.7. The SMILES string of the molecule is COc1cc(C(=O)O)ccc1NS(=O)(=O)c1csc(C#Cc2ccc(NC=O)cc2)n1. The normalized spacial score (nSPS) is 10.5. The van der Waals surface area contributed by atoms with Crippen LogP contribution in [0.15, 0.2) is 52.9 Å². The molecule has 0 atom stereocenters. The molecule has 0 aliphatic heterocycles. The number of hydrogen-bond acceptors (Lipinski definition) is 7. The summed E-state index contributed by atoms with van der Waals surface area (Å²) in [6.07, 6.45) is 0.572. The molecule has 9 nitrogen and oxygen atoms in total. The van der Waals surface area contributed by atoms with E-state index in [0.29, 0.717) is 22.7 Å². The number of sulfonamides is 1. The van der Waals surface area contributed by atoms with Gasteiger partial charge in [-0.25, -0.2) is 9.78 Å². The molecule has 0 spiro atoms. The van der Waals surface area contributed by atoms with Gasteiger partial charge in [0.25, 0.3) is 10.0 Å². The van der Waals surface area contributed by atoms with Crippen molar-refractivity contribution in [1.29, 1.82) is 0 Å². The van der Waals surface area contributed by atoms with Gasteiger partial charge in [-0.3, -0.25) is 9.52 Å². The zero-order chi connectivity index (χ0) is 22.4. The van der Waals surface area contributed by atoms with Crippen LogP contribution in [-0.2, 0) is 14.8 Å². The van der Waals surface area contributed by atoms with Crippen LogP contribution in [0.4, 0.5) is 11.4 Å². The third-order valence-electron chi connectivity index (χ3n) is 3.88. The molecule has 1 amide bonds. The van der Waals surface area contributed by atoms with Crippen LogP contribution < -0.4 is 14.8 Å². The number of carbonyl (C=O) groups excluding carboxylic acids is 1. The third kappa shape index (κ3) is 5.39. The highest BCUT2D eigenvalue weighted by Crippen LogP contribution is 2.28. The van der Waals surface area contributed by atoms with Crippen molar-refractivity contribution >= 4 is 45.1 Å². The monoisotopic (exact) mass is 457 g/mol. The topological polar surface area (TPSA) is 135 Å². The van der Waals surface area contributed by atoms with Gasteiger partial charge in [-0.05, 0) is 48.4 Å². The van der Waals surface area contributed by atoms with E-state index in [2.05, 4.69) is 26.9 Å². The molecule has 1 heterocycles. The summed E-state index contributed by atoms with van der Waals surface area (Å²) in [6.45, 7) is 0. The van der Waals surface area contributed by atoms with Crippen LogP contribution in [0.5, 0.6) is 5.75 Å². The molecular formula is C20H15N3O6S2. The van der Waals surface area contributed by atoms with Crippen molar-refractivity contribution in [2.24, 2.45) is 0 Å². The molecule has 0 radical (unpaired) electrons. The highest BCUT2D eigenvalue weighted by Gasteiger charge is 2.20. The van der Waals surface area contributed by atoms with Crippen molar-refractivity contribution < 1.29 is 27.9 Å². The maximum atomic E-state index is 12.7. The Balaban J connectivity index is 1.79. The number of aromatic carboxylic acids is 1. The van der Waals surface area contributed by atoms with Gasteiger partial charge in [0.2, 0.25) is 6.41 Å². The maximum absolute atomic E-state index is 12.7. The largest absolute Gasteiger partial charge is 0.495 e. The molecule has 0 fully saturated rings. The van der Waals surface area contributed by atoms with E-state index < -0.39 is 16.0 Å². The molecule has 1 aromatic heterocycles. The fourth-order valence-corrected chi connectivity index (χ4v) is 4.40.